The molecule has 154 valence electrons. The molecule has 4 aromatic rings. The smallest absolute Gasteiger partial charge is 0.420 e. The van der Waals surface area contributed by atoms with Crippen molar-refractivity contribution in [3.63, 3.8) is 0 Å². The molecule has 0 spiro atoms. The maximum Gasteiger partial charge on any atom is 0.420 e. The molecule has 6 heteroatoms. The van der Waals surface area contributed by atoms with Gasteiger partial charge < -0.3 is 14.9 Å². The Morgan fingerprint density at radius 2 is 1.80 bits per heavy atom. The van der Waals surface area contributed by atoms with Crippen molar-refractivity contribution < 1.29 is 9.15 Å². The Bertz CT molecular complexity index is 1280. The van der Waals surface area contributed by atoms with Crippen LogP contribution in [0.4, 0.5) is 0 Å². The zero-order chi connectivity index (χ0) is 21.4. The van der Waals surface area contributed by atoms with Crippen molar-refractivity contribution in [1.82, 2.24) is 9.55 Å². The topological polar surface area (TPSA) is 83.3 Å². The highest BCUT2D eigenvalue weighted by Crippen LogP contribution is 2.29. The summed E-state index contributed by atoms with van der Waals surface area (Å²) in [7, 11) is 1.59. The van der Waals surface area contributed by atoms with Gasteiger partial charge in [0.2, 0.25) is 0 Å². The Morgan fingerprint density at radius 3 is 2.47 bits per heavy atom. The van der Waals surface area contributed by atoms with Gasteiger partial charge in [-0.15, -0.1) is 0 Å². The predicted molar refractivity (Wildman–Crippen MR) is 118 cm³/mol. The highest BCUT2D eigenvalue weighted by Gasteiger charge is 2.14. The summed E-state index contributed by atoms with van der Waals surface area (Å²) < 4.78 is 12.3. The zero-order valence-corrected chi connectivity index (χ0v) is 17.7. The molecule has 2 aromatic carbocycles. The number of rotatable bonds is 5. The quantitative estimate of drug-likeness (QED) is 0.542. The van der Waals surface area contributed by atoms with Gasteiger partial charge in [-0.1, -0.05) is 12.1 Å². The maximum atomic E-state index is 12.5. The molecular weight excluding hydrogens is 378 g/mol. The molecule has 0 radical (unpaired) electrons. The third-order valence-electron chi connectivity index (χ3n) is 5.50. The lowest BCUT2D eigenvalue weighted by atomic mass is 9.95. The van der Waals surface area contributed by atoms with E-state index in [1.165, 1.54) is 0 Å². The molecule has 0 aliphatic rings. The Hall–Kier alpha value is -3.38. The maximum absolute atomic E-state index is 12.5. The lowest BCUT2D eigenvalue weighted by Gasteiger charge is -2.14. The summed E-state index contributed by atoms with van der Waals surface area (Å²) in [5, 5.41) is 0. The second-order valence-electron chi connectivity index (χ2n) is 7.59. The summed E-state index contributed by atoms with van der Waals surface area (Å²) in [4.78, 5) is 17.2. The molecule has 0 atom stereocenters. The summed E-state index contributed by atoms with van der Waals surface area (Å²) in [5.74, 6) is 0.258. The van der Waals surface area contributed by atoms with Crippen molar-refractivity contribution in [2.75, 3.05) is 7.11 Å². The molecule has 0 bridgehead atoms. The number of hydrogen-bond acceptors (Lipinski definition) is 5. The van der Waals surface area contributed by atoms with Crippen LogP contribution in [0.3, 0.4) is 0 Å². The molecule has 4 rings (SSSR count). The van der Waals surface area contributed by atoms with Gasteiger partial charge >= 0.3 is 5.76 Å². The highest BCUT2D eigenvalue weighted by atomic mass is 16.5. The molecule has 30 heavy (non-hydrogen) atoms. The second kappa shape index (κ2) is 7.80. The molecule has 2 N–H and O–H groups in total. The van der Waals surface area contributed by atoms with Crippen LogP contribution in [-0.4, -0.2) is 16.7 Å². The third-order valence-corrected chi connectivity index (χ3v) is 5.50. The molecule has 0 fully saturated rings. The molecule has 0 aliphatic carbocycles. The van der Waals surface area contributed by atoms with Gasteiger partial charge in [-0.25, -0.2) is 4.79 Å². The number of nitrogens with two attached hydrogens (primary N) is 1. The van der Waals surface area contributed by atoms with Gasteiger partial charge in [0.25, 0.3) is 0 Å². The average molecular weight is 403 g/mol. The molecule has 0 unspecified atom stereocenters. The molecule has 2 heterocycles. The fraction of sp³-hybridized carbons (Fsp3) is 0.250. The number of aromatic nitrogens is 2. The molecular formula is C24H25N3O3. The number of oxazole rings is 1. The van der Waals surface area contributed by atoms with Crippen LogP contribution in [-0.2, 0) is 13.1 Å². The van der Waals surface area contributed by atoms with Gasteiger partial charge in [-0.05, 0) is 66.8 Å². The monoisotopic (exact) mass is 403 g/mol. The summed E-state index contributed by atoms with van der Waals surface area (Å²) in [6.45, 7) is 7.06. The SMILES string of the molecule is COc1ccc2c(c1)oc(=O)n2Cc1cc(-c2c(C)cc(CN)cc2C)ncc1C. The van der Waals surface area contributed by atoms with Gasteiger partial charge in [0.1, 0.15) is 5.75 Å². The van der Waals surface area contributed by atoms with Crippen LogP contribution in [0, 0.1) is 20.8 Å². The van der Waals surface area contributed by atoms with Crippen LogP contribution >= 0.6 is 0 Å². The van der Waals surface area contributed by atoms with Gasteiger partial charge in [-0.3, -0.25) is 9.55 Å². The van der Waals surface area contributed by atoms with Crippen molar-refractivity contribution in [3.8, 4) is 17.0 Å². The fourth-order valence-electron chi connectivity index (χ4n) is 3.94. The second-order valence-corrected chi connectivity index (χ2v) is 7.59. The van der Waals surface area contributed by atoms with Crippen LogP contribution in [0.5, 0.6) is 5.75 Å². The number of methoxy groups -OCH3 is 1. The minimum Gasteiger partial charge on any atom is -0.497 e. The van der Waals surface area contributed by atoms with Crippen molar-refractivity contribution in [3.05, 3.63) is 81.0 Å². The summed E-state index contributed by atoms with van der Waals surface area (Å²) in [5.41, 5.74) is 14.4. The van der Waals surface area contributed by atoms with E-state index >= 15 is 0 Å². The average Bonchev–Trinajstić information content (AvgIpc) is 3.03. The van der Waals surface area contributed by atoms with E-state index in [4.69, 9.17) is 14.9 Å². The first-order chi connectivity index (χ1) is 14.4. The van der Waals surface area contributed by atoms with E-state index in [1.54, 1.807) is 17.7 Å². The molecule has 0 aliphatic heterocycles. The van der Waals surface area contributed by atoms with E-state index in [9.17, 15) is 4.79 Å². The van der Waals surface area contributed by atoms with Gasteiger partial charge in [0, 0.05) is 24.4 Å². The van der Waals surface area contributed by atoms with Gasteiger partial charge in [0.05, 0.1) is 24.9 Å². The minimum atomic E-state index is -0.393. The summed E-state index contributed by atoms with van der Waals surface area (Å²) in [6, 6.07) is 11.7. The van der Waals surface area contributed by atoms with E-state index in [2.05, 4.69) is 37.0 Å². The van der Waals surface area contributed by atoms with Crippen LogP contribution in [0.2, 0.25) is 0 Å². The summed E-state index contributed by atoms with van der Waals surface area (Å²) >= 11 is 0. The number of aryl methyl sites for hydroxylation is 3. The first kappa shape index (κ1) is 19.9. The normalized spacial score (nSPS) is 11.2. The van der Waals surface area contributed by atoms with Crippen LogP contribution in [0.25, 0.3) is 22.4 Å². The van der Waals surface area contributed by atoms with E-state index in [0.29, 0.717) is 24.4 Å². The first-order valence-corrected chi connectivity index (χ1v) is 9.84. The number of hydrogen-bond donors (Lipinski definition) is 1. The molecule has 2 aromatic heterocycles. The zero-order valence-electron chi connectivity index (χ0n) is 17.7. The van der Waals surface area contributed by atoms with E-state index in [0.717, 1.165) is 44.6 Å². The molecule has 0 saturated heterocycles. The number of nitrogens with zero attached hydrogens (tertiary/aromatic N) is 2. The Kier molecular flexibility index (Phi) is 5.18. The van der Waals surface area contributed by atoms with Crippen molar-refractivity contribution in [2.45, 2.75) is 33.9 Å². The number of ether oxygens (including phenoxy) is 1. The first-order valence-electron chi connectivity index (χ1n) is 9.84. The molecule has 0 amide bonds. The van der Waals surface area contributed by atoms with E-state index in [-0.39, 0.29) is 0 Å². The minimum absolute atomic E-state index is 0.393. The lowest BCUT2D eigenvalue weighted by Crippen LogP contribution is -2.15. The Labute approximate surface area is 174 Å². The molecule has 0 saturated carbocycles. The van der Waals surface area contributed by atoms with Crippen LogP contribution < -0.4 is 16.2 Å². The largest absolute Gasteiger partial charge is 0.497 e. The lowest BCUT2D eigenvalue weighted by molar-refractivity contribution is 0.414. The van der Waals surface area contributed by atoms with Crippen molar-refractivity contribution >= 4 is 11.1 Å². The van der Waals surface area contributed by atoms with Crippen LogP contribution in [0.15, 0.2) is 51.8 Å². The van der Waals surface area contributed by atoms with Crippen LogP contribution in [0.1, 0.15) is 27.8 Å². The Balaban J connectivity index is 1.78. The number of benzene rings is 2. The van der Waals surface area contributed by atoms with Gasteiger partial charge in [0.15, 0.2) is 5.58 Å². The van der Waals surface area contributed by atoms with Crippen molar-refractivity contribution in [2.24, 2.45) is 5.73 Å². The van der Waals surface area contributed by atoms with E-state index < -0.39 is 5.76 Å². The third kappa shape index (κ3) is 3.50. The van der Waals surface area contributed by atoms with Crippen molar-refractivity contribution in [1.29, 1.82) is 0 Å². The molecule has 6 nitrogen and oxygen atoms in total. The van der Waals surface area contributed by atoms with E-state index in [1.807, 2.05) is 25.3 Å². The number of fused-ring (bicyclic) bond motifs is 1. The number of pyridine rings is 1. The predicted octanol–water partition coefficient (Wildman–Crippen LogP) is 4.10. The standard InChI is InChI=1S/C24H25N3O3/c1-14-7-17(11-25)8-15(2)23(14)20-9-18(16(3)12-26-20)13-27-21-6-5-19(29-4)10-22(21)30-24(27)28/h5-10,12H,11,13,25H2,1-4H3. The highest BCUT2D eigenvalue weighted by molar-refractivity contribution is 5.75. The fourth-order valence-corrected chi connectivity index (χ4v) is 3.94. The summed E-state index contributed by atoms with van der Waals surface area (Å²) in [6.07, 6.45) is 1.86. The Morgan fingerprint density at radius 1 is 1.07 bits per heavy atom. The van der Waals surface area contributed by atoms with Gasteiger partial charge in [-0.2, -0.15) is 0 Å².